The number of rotatable bonds is 5. The van der Waals surface area contributed by atoms with Crippen LogP contribution in [0.15, 0.2) is 28.9 Å². The van der Waals surface area contributed by atoms with Gasteiger partial charge in [0.15, 0.2) is 17.5 Å². The van der Waals surface area contributed by atoms with Crippen molar-refractivity contribution in [3.8, 4) is 0 Å². The number of benzene rings is 1. The van der Waals surface area contributed by atoms with Gasteiger partial charge in [-0.3, -0.25) is 4.68 Å². The summed E-state index contributed by atoms with van der Waals surface area (Å²) in [6, 6.07) is 4.05. The normalized spacial score (nSPS) is 19.3. The average molecular weight is 366 g/mol. The molecule has 0 bridgehead atoms. The molecule has 2 atom stereocenters. The Labute approximate surface area is 145 Å². The molecule has 2 heterocycles. The highest BCUT2D eigenvalue weighted by Crippen LogP contribution is 2.54. The maximum Gasteiger partial charge on any atom is 0.282 e. The van der Waals surface area contributed by atoms with E-state index in [-0.39, 0.29) is 35.3 Å². The van der Waals surface area contributed by atoms with Gasteiger partial charge < -0.3 is 4.52 Å². The maximum atomic E-state index is 13.9. The smallest absolute Gasteiger partial charge is 0.282 e. The standard InChI is InChI=1S/C17H14F4N4O/c1-25-7-8(15(23-25)16(20)21)5-13-22-17(26-24-13)11-6-10(11)9-3-2-4-12(18)14(9)19/h2-4,7,10-11,16H,5-6H2,1H3/t10-,11+/m0/s1. The first-order valence-corrected chi connectivity index (χ1v) is 8.01. The molecule has 0 unspecified atom stereocenters. The summed E-state index contributed by atoms with van der Waals surface area (Å²) in [5.74, 6) is -1.63. The van der Waals surface area contributed by atoms with Crippen LogP contribution in [0.1, 0.15) is 53.2 Å². The Morgan fingerprint density at radius 2 is 2.08 bits per heavy atom. The molecule has 1 saturated carbocycles. The summed E-state index contributed by atoms with van der Waals surface area (Å²) in [6.45, 7) is 0. The van der Waals surface area contributed by atoms with Crippen LogP contribution in [0, 0.1) is 11.6 Å². The minimum atomic E-state index is -2.69. The van der Waals surface area contributed by atoms with Gasteiger partial charge in [0.05, 0.1) is 0 Å². The Hall–Kier alpha value is -2.71. The minimum absolute atomic E-state index is 0.0583. The van der Waals surface area contributed by atoms with Gasteiger partial charge in [-0.15, -0.1) is 0 Å². The molecule has 9 heteroatoms. The van der Waals surface area contributed by atoms with Crippen LogP contribution in [0.2, 0.25) is 0 Å². The lowest BCUT2D eigenvalue weighted by atomic mass is 10.1. The molecular weight excluding hydrogens is 352 g/mol. The fourth-order valence-electron chi connectivity index (χ4n) is 3.15. The molecule has 0 N–H and O–H groups in total. The number of nitrogens with zero attached hydrogens (tertiary/aromatic N) is 4. The van der Waals surface area contributed by atoms with Gasteiger partial charge in [0.2, 0.25) is 5.89 Å². The molecule has 136 valence electrons. The van der Waals surface area contributed by atoms with E-state index in [0.717, 1.165) is 6.07 Å². The zero-order valence-electron chi connectivity index (χ0n) is 13.7. The molecule has 2 aromatic heterocycles. The van der Waals surface area contributed by atoms with Gasteiger partial charge in [-0.2, -0.15) is 10.1 Å². The van der Waals surface area contributed by atoms with Gasteiger partial charge in [0, 0.05) is 31.1 Å². The van der Waals surface area contributed by atoms with Crippen molar-refractivity contribution in [2.45, 2.75) is 31.1 Å². The lowest BCUT2D eigenvalue weighted by Crippen LogP contribution is -1.96. The molecule has 1 aromatic carbocycles. The quantitative estimate of drug-likeness (QED) is 0.643. The summed E-state index contributed by atoms with van der Waals surface area (Å²) in [4.78, 5) is 4.23. The summed E-state index contributed by atoms with van der Waals surface area (Å²) in [6.07, 6.45) is -0.583. The highest BCUT2D eigenvalue weighted by molar-refractivity contribution is 5.32. The predicted octanol–water partition coefficient (Wildman–Crippen LogP) is 3.88. The van der Waals surface area contributed by atoms with Gasteiger partial charge in [-0.05, 0) is 24.0 Å². The zero-order chi connectivity index (χ0) is 18.4. The SMILES string of the molecule is Cn1cc(Cc2noc([C@@H]3C[C@H]3c3cccc(F)c3F)n2)c(C(F)F)n1. The fraction of sp³-hybridized carbons (Fsp3) is 0.353. The first-order valence-electron chi connectivity index (χ1n) is 8.01. The van der Waals surface area contributed by atoms with Crippen LogP contribution < -0.4 is 0 Å². The molecule has 0 aliphatic heterocycles. The molecule has 26 heavy (non-hydrogen) atoms. The topological polar surface area (TPSA) is 56.7 Å². The number of hydrogen-bond acceptors (Lipinski definition) is 4. The van der Waals surface area contributed by atoms with Crippen molar-refractivity contribution in [2.75, 3.05) is 0 Å². The van der Waals surface area contributed by atoms with Crippen LogP contribution in [0.4, 0.5) is 17.6 Å². The molecule has 0 radical (unpaired) electrons. The summed E-state index contributed by atoms with van der Waals surface area (Å²) in [7, 11) is 1.55. The summed E-state index contributed by atoms with van der Waals surface area (Å²) in [5.41, 5.74) is 0.283. The second-order valence-electron chi connectivity index (χ2n) is 6.33. The molecule has 3 aromatic rings. The lowest BCUT2D eigenvalue weighted by molar-refractivity contribution is 0.144. The van der Waals surface area contributed by atoms with E-state index in [0.29, 0.717) is 17.9 Å². The van der Waals surface area contributed by atoms with Crippen molar-refractivity contribution in [3.05, 3.63) is 64.6 Å². The minimum Gasteiger partial charge on any atom is -0.339 e. The van der Waals surface area contributed by atoms with E-state index < -0.39 is 18.1 Å². The summed E-state index contributed by atoms with van der Waals surface area (Å²) >= 11 is 0. The van der Waals surface area contributed by atoms with Gasteiger partial charge in [0.25, 0.3) is 6.43 Å². The molecular formula is C17H14F4N4O. The molecule has 0 amide bonds. The third kappa shape index (κ3) is 2.97. The highest BCUT2D eigenvalue weighted by atomic mass is 19.3. The van der Waals surface area contributed by atoms with E-state index >= 15 is 0 Å². The van der Waals surface area contributed by atoms with Crippen LogP contribution in [-0.2, 0) is 13.5 Å². The third-order valence-electron chi connectivity index (χ3n) is 4.46. The summed E-state index contributed by atoms with van der Waals surface area (Å²) in [5, 5.41) is 7.55. The number of aryl methyl sites for hydroxylation is 1. The van der Waals surface area contributed by atoms with E-state index in [1.807, 2.05) is 0 Å². The van der Waals surface area contributed by atoms with E-state index in [1.54, 1.807) is 7.05 Å². The van der Waals surface area contributed by atoms with Crippen LogP contribution in [-0.4, -0.2) is 19.9 Å². The molecule has 5 nitrogen and oxygen atoms in total. The fourth-order valence-corrected chi connectivity index (χ4v) is 3.15. The number of alkyl halides is 2. The van der Waals surface area contributed by atoms with Gasteiger partial charge >= 0.3 is 0 Å². The van der Waals surface area contributed by atoms with Crippen LogP contribution >= 0.6 is 0 Å². The van der Waals surface area contributed by atoms with Crippen molar-refractivity contribution in [1.82, 2.24) is 19.9 Å². The van der Waals surface area contributed by atoms with Crippen LogP contribution in [0.25, 0.3) is 0 Å². The maximum absolute atomic E-state index is 13.9. The van der Waals surface area contributed by atoms with E-state index in [9.17, 15) is 17.6 Å². The molecule has 4 rings (SSSR count). The molecule has 1 fully saturated rings. The largest absolute Gasteiger partial charge is 0.339 e. The van der Waals surface area contributed by atoms with Crippen molar-refractivity contribution >= 4 is 0 Å². The second kappa shape index (κ2) is 6.22. The zero-order valence-corrected chi connectivity index (χ0v) is 13.7. The van der Waals surface area contributed by atoms with E-state index in [4.69, 9.17) is 4.52 Å². The number of halogens is 4. The first kappa shape index (κ1) is 16.7. The Morgan fingerprint density at radius 1 is 1.27 bits per heavy atom. The Bertz CT molecular complexity index is 952. The monoisotopic (exact) mass is 366 g/mol. The summed E-state index contributed by atoms with van der Waals surface area (Å²) < 4.78 is 59.7. The average Bonchev–Trinajstić information content (AvgIpc) is 3.09. The van der Waals surface area contributed by atoms with Gasteiger partial charge in [0.1, 0.15) is 5.69 Å². The van der Waals surface area contributed by atoms with E-state index in [2.05, 4.69) is 15.2 Å². The first-order chi connectivity index (χ1) is 12.4. The predicted molar refractivity (Wildman–Crippen MR) is 81.7 cm³/mol. The number of aromatic nitrogens is 4. The number of hydrogen-bond donors (Lipinski definition) is 0. The van der Waals surface area contributed by atoms with Gasteiger partial charge in [-0.25, -0.2) is 17.6 Å². The lowest BCUT2D eigenvalue weighted by Gasteiger charge is -2.01. The third-order valence-corrected chi connectivity index (χ3v) is 4.46. The van der Waals surface area contributed by atoms with Crippen molar-refractivity contribution in [3.63, 3.8) is 0 Å². The van der Waals surface area contributed by atoms with Crippen molar-refractivity contribution < 1.29 is 22.1 Å². The van der Waals surface area contributed by atoms with Crippen LogP contribution in [0.3, 0.4) is 0 Å². The molecule has 0 spiro atoms. The second-order valence-corrected chi connectivity index (χ2v) is 6.33. The highest BCUT2D eigenvalue weighted by Gasteiger charge is 2.45. The molecule has 1 aliphatic carbocycles. The van der Waals surface area contributed by atoms with Gasteiger partial charge in [-0.1, -0.05) is 17.3 Å². The Kier molecular flexibility index (Phi) is 4.01. The Balaban J connectivity index is 1.51. The Morgan fingerprint density at radius 3 is 2.85 bits per heavy atom. The van der Waals surface area contributed by atoms with Crippen molar-refractivity contribution in [2.24, 2.45) is 7.05 Å². The van der Waals surface area contributed by atoms with Crippen LogP contribution in [0.5, 0.6) is 0 Å². The van der Waals surface area contributed by atoms with E-state index in [1.165, 1.54) is 23.0 Å². The molecule has 1 aliphatic rings. The molecule has 0 saturated heterocycles. The van der Waals surface area contributed by atoms with Crippen molar-refractivity contribution in [1.29, 1.82) is 0 Å².